The lowest BCUT2D eigenvalue weighted by Crippen LogP contribution is -2.10. The molecule has 0 unspecified atom stereocenters. The van der Waals surface area contributed by atoms with Crippen molar-refractivity contribution in [3.8, 4) is 5.75 Å². The van der Waals surface area contributed by atoms with Crippen molar-refractivity contribution in [2.45, 2.75) is 25.2 Å². The van der Waals surface area contributed by atoms with Crippen LogP contribution < -0.4 is 4.74 Å². The maximum atomic E-state index is 13.7. The highest BCUT2D eigenvalue weighted by Crippen LogP contribution is 2.36. The molecule has 2 nitrogen and oxygen atoms in total. The van der Waals surface area contributed by atoms with Crippen LogP contribution in [0.3, 0.4) is 0 Å². The third-order valence-corrected chi connectivity index (χ3v) is 4.14. The van der Waals surface area contributed by atoms with E-state index in [-0.39, 0.29) is 11.5 Å². The number of rotatable bonds is 4. The minimum Gasteiger partial charge on any atom is -0.494 e. The smallest absolute Gasteiger partial charge is 0.193 e. The summed E-state index contributed by atoms with van der Waals surface area (Å²) in [5, 5.41) is 0. The van der Waals surface area contributed by atoms with E-state index >= 15 is 0 Å². The Morgan fingerprint density at radius 2 is 1.90 bits per heavy atom. The van der Waals surface area contributed by atoms with E-state index in [1.807, 2.05) is 12.1 Å². The van der Waals surface area contributed by atoms with Gasteiger partial charge in [-0.1, -0.05) is 24.6 Å². The summed E-state index contributed by atoms with van der Waals surface area (Å²) in [4.78, 5) is 12.5. The largest absolute Gasteiger partial charge is 0.494 e. The quantitative estimate of drug-likeness (QED) is 0.781. The zero-order valence-electron chi connectivity index (χ0n) is 11.9. The molecule has 1 aliphatic rings. The summed E-state index contributed by atoms with van der Waals surface area (Å²) in [5.74, 6) is 0.0522. The number of carbonyl (C=O) groups is 1. The minimum absolute atomic E-state index is 0.148. The highest BCUT2D eigenvalue weighted by molar-refractivity contribution is 6.09. The monoisotopic (exact) mass is 284 g/mol. The van der Waals surface area contributed by atoms with Gasteiger partial charge in [-0.2, -0.15) is 0 Å². The van der Waals surface area contributed by atoms with Crippen LogP contribution in [0.15, 0.2) is 42.5 Å². The number of hydrogen-bond donors (Lipinski definition) is 0. The Kier molecular flexibility index (Phi) is 3.74. The Bertz CT molecular complexity index is 675. The summed E-state index contributed by atoms with van der Waals surface area (Å²) in [5.41, 5.74) is 2.17. The number of carbonyl (C=O) groups excluding carboxylic acids is 1. The molecule has 0 heterocycles. The molecule has 1 saturated carbocycles. The van der Waals surface area contributed by atoms with Gasteiger partial charge in [0.25, 0.3) is 0 Å². The van der Waals surface area contributed by atoms with Crippen LogP contribution in [-0.2, 0) is 0 Å². The van der Waals surface area contributed by atoms with Crippen molar-refractivity contribution in [3.05, 3.63) is 65.0 Å². The normalized spacial score (nSPS) is 14.6. The maximum absolute atomic E-state index is 13.7. The predicted molar refractivity (Wildman–Crippen MR) is 79.4 cm³/mol. The Labute approximate surface area is 123 Å². The molecular weight excluding hydrogens is 267 g/mol. The Morgan fingerprint density at radius 3 is 2.52 bits per heavy atom. The molecule has 1 fully saturated rings. The average molecular weight is 284 g/mol. The summed E-state index contributed by atoms with van der Waals surface area (Å²) in [6, 6.07) is 12.0. The van der Waals surface area contributed by atoms with E-state index in [0.717, 1.165) is 0 Å². The first-order valence-corrected chi connectivity index (χ1v) is 7.17. The van der Waals surface area contributed by atoms with Crippen molar-refractivity contribution in [2.75, 3.05) is 7.11 Å². The Hall–Kier alpha value is -2.16. The molecular formula is C18H17FO2. The van der Waals surface area contributed by atoms with Crippen molar-refractivity contribution in [3.63, 3.8) is 0 Å². The second-order valence-electron chi connectivity index (χ2n) is 5.43. The molecule has 3 rings (SSSR count). The van der Waals surface area contributed by atoms with Crippen molar-refractivity contribution < 1.29 is 13.9 Å². The molecule has 0 N–H and O–H groups in total. The van der Waals surface area contributed by atoms with Crippen molar-refractivity contribution in [2.24, 2.45) is 0 Å². The molecule has 0 radical (unpaired) electrons. The molecule has 21 heavy (non-hydrogen) atoms. The lowest BCUT2D eigenvalue weighted by Gasteiger charge is -2.26. The van der Waals surface area contributed by atoms with E-state index in [0.29, 0.717) is 17.0 Å². The van der Waals surface area contributed by atoms with Gasteiger partial charge in [0.15, 0.2) is 17.3 Å². The van der Waals surface area contributed by atoms with Crippen LogP contribution >= 0.6 is 0 Å². The lowest BCUT2D eigenvalue weighted by atomic mass is 9.79. The summed E-state index contributed by atoms with van der Waals surface area (Å²) in [7, 11) is 1.40. The fraction of sp³-hybridized carbons (Fsp3) is 0.278. The zero-order chi connectivity index (χ0) is 14.8. The van der Waals surface area contributed by atoms with Gasteiger partial charge in [0.1, 0.15) is 0 Å². The molecule has 0 bridgehead atoms. The first-order valence-electron chi connectivity index (χ1n) is 7.17. The molecule has 0 aromatic heterocycles. The highest BCUT2D eigenvalue weighted by Gasteiger charge is 2.20. The number of ether oxygens (including phenoxy) is 1. The molecule has 0 amide bonds. The summed E-state index contributed by atoms with van der Waals surface area (Å²) >= 11 is 0. The van der Waals surface area contributed by atoms with E-state index in [9.17, 15) is 9.18 Å². The molecule has 2 aromatic rings. The Balaban J connectivity index is 1.89. The van der Waals surface area contributed by atoms with Crippen LogP contribution in [-0.4, -0.2) is 12.9 Å². The van der Waals surface area contributed by atoms with Crippen molar-refractivity contribution in [1.82, 2.24) is 0 Å². The third kappa shape index (κ3) is 2.68. The topological polar surface area (TPSA) is 26.3 Å². The number of ketones is 1. The summed E-state index contributed by atoms with van der Waals surface area (Å²) in [6.45, 7) is 0. The first kappa shape index (κ1) is 13.8. The van der Waals surface area contributed by atoms with E-state index in [1.165, 1.54) is 44.1 Å². The SMILES string of the molecule is COc1ccc(C(=O)c2cccc(C3CCC3)c2)cc1F. The second kappa shape index (κ2) is 5.68. The van der Waals surface area contributed by atoms with Gasteiger partial charge in [-0.3, -0.25) is 4.79 Å². The lowest BCUT2D eigenvalue weighted by molar-refractivity contribution is 0.103. The maximum Gasteiger partial charge on any atom is 0.193 e. The molecule has 108 valence electrons. The standard InChI is InChI=1S/C18H17FO2/c1-21-17-9-8-15(11-16(17)19)18(20)14-7-3-6-13(10-14)12-4-2-5-12/h3,6-12H,2,4-5H2,1H3. The van der Waals surface area contributed by atoms with Crippen molar-refractivity contribution >= 4 is 5.78 Å². The highest BCUT2D eigenvalue weighted by atomic mass is 19.1. The number of hydrogen-bond acceptors (Lipinski definition) is 2. The number of benzene rings is 2. The predicted octanol–water partition coefficient (Wildman–Crippen LogP) is 4.33. The molecule has 0 atom stereocenters. The third-order valence-electron chi connectivity index (χ3n) is 4.14. The molecule has 0 aliphatic heterocycles. The zero-order valence-corrected chi connectivity index (χ0v) is 11.9. The van der Waals surface area contributed by atoms with Crippen LogP contribution in [0, 0.1) is 5.82 Å². The van der Waals surface area contributed by atoms with Gasteiger partial charge >= 0.3 is 0 Å². The van der Waals surface area contributed by atoms with Crippen LogP contribution in [0.25, 0.3) is 0 Å². The number of halogens is 1. The van der Waals surface area contributed by atoms with Gasteiger partial charge in [0, 0.05) is 11.1 Å². The molecule has 0 saturated heterocycles. The average Bonchev–Trinajstić information content (AvgIpc) is 2.45. The van der Waals surface area contributed by atoms with Gasteiger partial charge < -0.3 is 4.74 Å². The van der Waals surface area contributed by atoms with Crippen molar-refractivity contribution in [1.29, 1.82) is 0 Å². The molecule has 0 spiro atoms. The summed E-state index contributed by atoms with van der Waals surface area (Å²) in [6.07, 6.45) is 3.64. The van der Waals surface area contributed by atoms with Gasteiger partial charge in [-0.15, -0.1) is 0 Å². The van der Waals surface area contributed by atoms with E-state index in [2.05, 4.69) is 6.07 Å². The van der Waals surface area contributed by atoms with Gasteiger partial charge in [0.05, 0.1) is 7.11 Å². The molecule has 1 aliphatic carbocycles. The molecule has 3 heteroatoms. The Morgan fingerprint density at radius 1 is 1.14 bits per heavy atom. The minimum atomic E-state index is -0.515. The summed E-state index contributed by atoms with van der Waals surface area (Å²) < 4.78 is 18.6. The van der Waals surface area contributed by atoms with Gasteiger partial charge in [-0.05, 0) is 48.6 Å². The van der Waals surface area contributed by atoms with Crippen LogP contribution in [0.1, 0.15) is 46.7 Å². The van der Waals surface area contributed by atoms with Gasteiger partial charge in [0.2, 0.25) is 0 Å². The fourth-order valence-corrected chi connectivity index (χ4v) is 2.65. The molecule has 2 aromatic carbocycles. The van der Waals surface area contributed by atoms with Crippen LogP contribution in [0.5, 0.6) is 5.75 Å². The van der Waals surface area contributed by atoms with E-state index < -0.39 is 5.82 Å². The van der Waals surface area contributed by atoms with Gasteiger partial charge in [-0.25, -0.2) is 4.39 Å². The first-order chi connectivity index (χ1) is 10.2. The van der Waals surface area contributed by atoms with E-state index in [1.54, 1.807) is 12.1 Å². The number of methoxy groups -OCH3 is 1. The van der Waals surface area contributed by atoms with E-state index in [4.69, 9.17) is 4.74 Å². The van der Waals surface area contributed by atoms with Crippen LogP contribution in [0.4, 0.5) is 4.39 Å². The second-order valence-corrected chi connectivity index (χ2v) is 5.43. The fourth-order valence-electron chi connectivity index (χ4n) is 2.65. The van der Waals surface area contributed by atoms with Crippen LogP contribution in [0.2, 0.25) is 0 Å².